The van der Waals surface area contributed by atoms with Gasteiger partial charge in [0.05, 0.1) is 0 Å². The fourth-order valence-electron chi connectivity index (χ4n) is 3.95. The number of hydrogen-bond acceptors (Lipinski definition) is 1. The van der Waals surface area contributed by atoms with Crippen molar-refractivity contribution in [2.24, 2.45) is 0 Å². The van der Waals surface area contributed by atoms with Crippen molar-refractivity contribution in [1.29, 1.82) is 0 Å². The average Bonchev–Trinajstić information content (AvgIpc) is 3.10. The van der Waals surface area contributed by atoms with E-state index in [1.54, 1.807) is 12.1 Å². The maximum Gasteiger partial charge on any atom is 0.222 e. The smallest absolute Gasteiger partial charge is 0.222 e. The molecule has 26 heavy (non-hydrogen) atoms. The highest BCUT2D eigenvalue weighted by Crippen LogP contribution is 2.33. The third kappa shape index (κ3) is 3.50. The summed E-state index contributed by atoms with van der Waals surface area (Å²) in [7, 11) is 0. The van der Waals surface area contributed by atoms with Crippen LogP contribution in [0.4, 0.5) is 4.39 Å². The highest BCUT2D eigenvalue weighted by Gasteiger charge is 2.25. The lowest BCUT2D eigenvalue weighted by Gasteiger charge is -2.32. The number of halogens is 1. The molecule has 1 aromatic heterocycles. The van der Waals surface area contributed by atoms with E-state index in [2.05, 4.69) is 17.1 Å². The van der Waals surface area contributed by atoms with E-state index in [1.807, 2.05) is 29.3 Å². The van der Waals surface area contributed by atoms with Gasteiger partial charge in [-0.25, -0.2) is 4.39 Å². The van der Waals surface area contributed by atoms with Crippen molar-refractivity contribution in [3.05, 3.63) is 71.7 Å². The van der Waals surface area contributed by atoms with Crippen LogP contribution in [0.25, 0.3) is 10.9 Å². The molecule has 0 saturated carbocycles. The number of aryl methyl sites for hydroxylation is 1. The van der Waals surface area contributed by atoms with Gasteiger partial charge in [0.25, 0.3) is 0 Å². The largest absolute Gasteiger partial charge is 0.361 e. The number of carbonyl (C=O) groups excluding carboxylic acids is 1. The van der Waals surface area contributed by atoms with Crippen LogP contribution in [0.5, 0.6) is 0 Å². The maximum absolute atomic E-state index is 13.6. The first-order valence-corrected chi connectivity index (χ1v) is 9.29. The number of rotatable bonds is 4. The summed E-state index contributed by atoms with van der Waals surface area (Å²) in [5, 5.41) is 0.971. The maximum atomic E-state index is 13.6. The zero-order valence-corrected chi connectivity index (χ0v) is 14.7. The van der Waals surface area contributed by atoms with Crippen LogP contribution in [-0.4, -0.2) is 28.9 Å². The van der Waals surface area contributed by atoms with Gasteiger partial charge in [-0.2, -0.15) is 0 Å². The van der Waals surface area contributed by atoms with E-state index in [9.17, 15) is 9.18 Å². The van der Waals surface area contributed by atoms with Crippen LogP contribution in [-0.2, 0) is 11.2 Å². The van der Waals surface area contributed by atoms with Crippen LogP contribution >= 0.6 is 0 Å². The van der Waals surface area contributed by atoms with Crippen molar-refractivity contribution in [1.82, 2.24) is 9.88 Å². The van der Waals surface area contributed by atoms with Gasteiger partial charge in [0.2, 0.25) is 5.91 Å². The Hall–Kier alpha value is -2.62. The first-order chi connectivity index (χ1) is 12.7. The van der Waals surface area contributed by atoms with E-state index in [1.165, 1.54) is 17.2 Å². The molecule has 1 saturated heterocycles. The van der Waals surface area contributed by atoms with Gasteiger partial charge in [-0.05, 0) is 54.5 Å². The minimum Gasteiger partial charge on any atom is -0.361 e. The lowest BCUT2D eigenvalue weighted by Crippen LogP contribution is -2.38. The zero-order chi connectivity index (χ0) is 17.9. The minimum atomic E-state index is -0.202. The second-order valence-corrected chi connectivity index (χ2v) is 7.07. The zero-order valence-electron chi connectivity index (χ0n) is 14.7. The number of aromatic nitrogens is 1. The normalized spacial score (nSPS) is 15.5. The van der Waals surface area contributed by atoms with Crippen molar-refractivity contribution < 1.29 is 9.18 Å². The van der Waals surface area contributed by atoms with E-state index in [-0.39, 0.29) is 11.7 Å². The minimum absolute atomic E-state index is 0.202. The number of nitrogens with zero attached hydrogens (tertiary/aromatic N) is 1. The number of H-pyrrole nitrogens is 1. The molecular weight excluding hydrogens is 327 g/mol. The summed E-state index contributed by atoms with van der Waals surface area (Å²) in [6.07, 6.45) is 5.22. The topological polar surface area (TPSA) is 36.1 Å². The Morgan fingerprint density at radius 2 is 1.88 bits per heavy atom. The Kier molecular flexibility index (Phi) is 4.74. The third-order valence-corrected chi connectivity index (χ3v) is 5.43. The SMILES string of the molecule is O=C(CCc1ccccc1)N1CCC(c2c[nH]c3ccc(F)cc23)CC1. The molecule has 0 atom stereocenters. The number of fused-ring (bicyclic) bond motifs is 1. The Morgan fingerprint density at radius 1 is 1.12 bits per heavy atom. The molecule has 1 aliphatic heterocycles. The molecule has 0 aliphatic carbocycles. The molecule has 4 heteroatoms. The molecular formula is C22H23FN2O. The molecule has 1 aliphatic rings. The lowest BCUT2D eigenvalue weighted by atomic mass is 9.89. The fourth-order valence-corrected chi connectivity index (χ4v) is 3.95. The van der Waals surface area contributed by atoms with Crippen LogP contribution in [0.1, 0.15) is 36.3 Å². The first kappa shape index (κ1) is 16.8. The molecule has 2 heterocycles. The third-order valence-electron chi connectivity index (χ3n) is 5.43. The number of piperidine rings is 1. The molecule has 0 unspecified atom stereocenters. The van der Waals surface area contributed by atoms with Crippen molar-refractivity contribution >= 4 is 16.8 Å². The van der Waals surface area contributed by atoms with Gasteiger partial charge in [-0.3, -0.25) is 4.79 Å². The summed E-state index contributed by atoms with van der Waals surface area (Å²) in [5.74, 6) is 0.410. The second-order valence-electron chi connectivity index (χ2n) is 7.07. The van der Waals surface area contributed by atoms with Crippen LogP contribution in [0.15, 0.2) is 54.7 Å². The van der Waals surface area contributed by atoms with Crippen LogP contribution in [0.3, 0.4) is 0 Å². The molecule has 1 fully saturated rings. The summed E-state index contributed by atoms with van der Waals surface area (Å²) in [4.78, 5) is 17.7. The van der Waals surface area contributed by atoms with Gasteiger partial charge in [0.15, 0.2) is 0 Å². The van der Waals surface area contributed by atoms with Crippen LogP contribution in [0, 0.1) is 5.82 Å². The van der Waals surface area contributed by atoms with Crippen molar-refractivity contribution in [3.8, 4) is 0 Å². The Morgan fingerprint density at radius 3 is 2.65 bits per heavy atom. The molecule has 3 aromatic rings. The number of carbonyl (C=O) groups is 1. The predicted molar refractivity (Wildman–Crippen MR) is 102 cm³/mol. The van der Waals surface area contributed by atoms with Gasteiger partial charge in [-0.15, -0.1) is 0 Å². The summed E-state index contributed by atoms with van der Waals surface area (Å²) in [5.41, 5.74) is 3.36. The van der Waals surface area contributed by atoms with Crippen molar-refractivity contribution in [2.75, 3.05) is 13.1 Å². The Balaban J connectivity index is 1.36. The van der Waals surface area contributed by atoms with E-state index in [0.717, 1.165) is 43.3 Å². The standard InChI is InChI=1S/C22H23FN2O/c23-18-7-8-21-19(14-18)20(15-24-21)17-10-12-25(13-11-17)22(26)9-6-16-4-2-1-3-5-16/h1-5,7-8,14-15,17,24H,6,9-13H2. The molecule has 2 aromatic carbocycles. The number of nitrogens with one attached hydrogen (secondary N) is 1. The van der Waals surface area contributed by atoms with Gasteiger partial charge >= 0.3 is 0 Å². The fraction of sp³-hybridized carbons (Fsp3) is 0.318. The number of amides is 1. The van der Waals surface area contributed by atoms with Gasteiger partial charge in [0.1, 0.15) is 5.82 Å². The Labute approximate surface area is 152 Å². The highest BCUT2D eigenvalue weighted by atomic mass is 19.1. The number of aromatic amines is 1. The molecule has 1 N–H and O–H groups in total. The van der Waals surface area contributed by atoms with Crippen molar-refractivity contribution in [2.45, 2.75) is 31.6 Å². The lowest BCUT2D eigenvalue weighted by molar-refractivity contribution is -0.132. The Bertz CT molecular complexity index is 895. The quantitative estimate of drug-likeness (QED) is 0.731. The number of benzene rings is 2. The summed E-state index contributed by atoms with van der Waals surface area (Å²) in [6, 6.07) is 15.0. The predicted octanol–water partition coefficient (Wildman–Crippen LogP) is 4.65. The molecule has 3 nitrogen and oxygen atoms in total. The molecule has 1 amide bonds. The average molecular weight is 350 g/mol. The van der Waals surface area contributed by atoms with E-state index in [0.29, 0.717) is 12.3 Å². The summed E-state index contributed by atoms with van der Waals surface area (Å²) >= 11 is 0. The second kappa shape index (κ2) is 7.32. The van der Waals surface area contributed by atoms with Crippen LogP contribution in [0.2, 0.25) is 0 Å². The van der Waals surface area contributed by atoms with E-state index >= 15 is 0 Å². The van der Waals surface area contributed by atoms with E-state index < -0.39 is 0 Å². The molecule has 134 valence electrons. The van der Waals surface area contributed by atoms with Crippen molar-refractivity contribution in [3.63, 3.8) is 0 Å². The van der Waals surface area contributed by atoms with Gasteiger partial charge in [-0.1, -0.05) is 30.3 Å². The summed E-state index contributed by atoms with van der Waals surface area (Å²) < 4.78 is 13.6. The number of likely N-dealkylation sites (tertiary alicyclic amines) is 1. The van der Waals surface area contributed by atoms with E-state index in [4.69, 9.17) is 0 Å². The van der Waals surface area contributed by atoms with Gasteiger partial charge < -0.3 is 9.88 Å². The van der Waals surface area contributed by atoms with Gasteiger partial charge in [0, 0.05) is 36.6 Å². The molecule has 0 radical (unpaired) electrons. The first-order valence-electron chi connectivity index (χ1n) is 9.29. The molecule has 0 bridgehead atoms. The summed E-state index contributed by atoms with van der Waals surface area (Å²) in [6.45, 7) is 1.56. The molecule has 4 rings (SSSR count). The highest BCUT2D eigenvalue weighted by molar-refractivity contribution is 5.84. The van der Waals surface area contributed by atoms with Crippen LogP contribution < -0.4 is 0 Å². The monoisotopic (exact) mass is 350 g/mol. The number of hydrogen-bond donors (Lipinski definition) is 1. The molecule has 0 spiro atoms.